The number of hydrogen-bond acceptors (Lipinski definition) is 2. The molecule has 1 atom stereocenters. The molecule has 0 aromatic heterocycles. The topological polar surface area (TPSA) is 29.5 Å². The standard InChI is InChI=1S/C15H15ClO2/c1-11(15-8-3-2-5-12(15)10-17)18-14-7-4-6-13(16)9-14/h2-9,11,17H,10H2,1H3. The van der Waals surface area contributed by atoms with Gasteiger partial charge in [-0.25, -0.2) is 0 Å². The van der Waals surface area contributed by atoms with Gasteiger partial charge in [-0.2, -0.15) is 0 Å². The fraction of sp³-hybridized carbons (Fsp3) is 0.200. The molecule has 0 saturated carbocycles. The normalized spacial score (nSPS) is 12.2. The lowest BCUT2D eigenvalue weighted by Crippen LogP contribution is -2.06. The van der Waals surface area contributed by atoms with Crippen LogP contribution in [0.15, 0.2) is 48.5 Å². The third-order valence-corrected chi connectivity index (χ3v) is 3.01. The highest BCUT2D eigenvalue weighted by Gasteiger charge is 2.11. The summed E-state index contributed by atoms with van der Waals surface area (Å²) in [5, 5.41) is 9.95. The number of ether oxygens (including phenoxy) is 1. The maximum absolute atomic E-state index is 9.30. The first-order chi connectivity index (χ1) is 8.70. The van der Waals surface area contributed by atoms with Crippen LogP contribution in [0.25, 0.3) is 0 Å². The second kappa shape index (κ2) is 5.89. The van der Waals surface area contributed by atoms with E-state index >= 15 is 0 Å². The summed E-state index contributed by atoms with van der Waals surface area (Å²) in [5.41, 5.74) is 1.87. The summed E-state index contributed by atoms with van der Waals surface area (Å²) in [6.45, 7) is 1.97. The van der Waals surface area contributed by atoms with Crippen LogP contribution >= 0.6 is 11.6 Å². The van der Waals surface area contributed by atoms with Gasteiger partial charge in [0.05, 0.1) is 6.61 Å². The van der Waals surface area contributed by atoms with Gasteiger partial charge in [0.2, 0.25) is 0 Å². The maximum Gasteiger partial charge on any atom is 0.121 e. The predicted octanol–water partition coefficient (Wildman–Crippen LogP) is 3.97. The average Bonchev–Trinajstić information content (AvgIpc) is 2.38. The minimum Gasteiger partial charge on any atom is -0.486 e. The summed E-state index contributed by atoms with van der Waals surface area (Å²) >= 11 is 5.91. The lowest BCUT2D eigenvalue weighted by Gasteiger charge is -2.17. The van der Waals surface area contributed by atoms with Crippen LogP contribution in [0.1, 0.15) is 24.2 Å². The Hall–Kier alpha value is -1.51. The highest BCUT2D eigenvalue weighted by atomic mass is 35.5. The molecule has 2 aromatic rings. The molecule has 0 fully saturated rings. The molecule has 2 aromatic carbocycles. The van der Waals surface area contributed by atoms with Gasteiger partial charge in [-0.1, -0.05) is 41.9 Å². The van der Waals surface area contributed by atoms with Gasteiger partial charge in [0, 0.05) is 5.02 Å². The molecule has 0 saturated heterocycles. The van der Waals surface area contributed by atoms with E-state index in [1.54, 1.807) is 12.1 Å². The Bertz CT molecular complexity index is 525. The first kappa shape index (κ1) is 12.9. The van der Waals surface area contributed by atoms with E-state index in [1.165, 1.54) is 0 Å². The molecule has 0 heterocycles. The van der Waals surface area contributed by atoms with Crippen LogP contribution in [0.5, 0.6) is 5.75 Å². The molecular weight excluding hydrogens is 248 g/mol. The minimum atomic E-state index is -0.133. The molecule has 3 heteroatoms. The van der Waals surface area contributed by atoms with Gasteiger partial charge in [-0.3, -0.25) is 0 Å². The predicted molar refractivity (Wildman–Crippen MR) is 72.9 cm³/mol. The maximum atomic E-state index is 9.30. The van der Waals surface area contributed by atoms with E-state index in [2.05, 4.69) is 0 Å². The molecule has 0 aliphatic carbocycles. The molecule has 0 aliphatic rings. The zero-order valence-electron chi connectivity index (χ0n) is 10.1. The molecule has 0 aliphatic heterocycles. The molecule has 1 N–H and O–H groups in total. The molecule has 2 nitrogen and oxygen atoms in total. The summed E-state index contributed by atoms with van der Waals surface area (Å²) in [5.74, 6) is 0.725. The van der Waals surface area contributed by atoms with E-state index in [0.29, 0.717) is 5.02 Å². The summed E-state index contributed by atoms with van der Waals surface area (Å²) in [6.07, 6.45) is -0.133. The second-order valence-corrected chi connectivity index (χ2v) is 4.51. The van der Waals surface area contributed by atoms with Crippen LogP contribution in [0, 0.1) is 0 Å². The van der Waals surface area contributed by atoms with Crippen LogP contribution in [0.3, 0.4) is 0 Å². The smallest absolute Gasteiger partial charge is 0.121 e. The number of benzene rings is 2. The van der Waals surface area contributed by atoms with Crippen LogP contribution < -0.4 is 4.74 Å². The fourth-order valence-electron chi connectivity index (χ4n) is 1.88. The number of hydrogen-bond donors (Lipinski definition) is 1. The molecule has 0 bridgehead atoms. The Morgan fingerprint density at radius 2 is 1.94 bits per heavy atom. The second-order valence-electron chi connectivity index (χ2n) is 4.07. The van der Waals surface area contributed by atoms with Crippen molar-refractivity contribution < 1.29 is 9.84 Å². The molecule has 0 radical (unpaired) electrons. The van der Waals surface area contributed by atoms with E-state index in [4.69, 9.17) is 16.3 Å². The summed E-state index contributed by atoms with van der Waals surface area (Å²) in [4.78, 5) is 0. The average molecular weight is 263 g/mol. The Labute approximate surface area is 112 Å². The first-order valence-corrected chi connectivity index (χ1v) is 6.19. The summed E-state index contributed by atoms with van der Waals surface area (Å²) in [7, 11) is 0. The highest BCUT2D eigenvalue weighted by molar-refractivity contribution is 6.30. The van der Waals surface area contributed by atoms with Gasteiger partial charge in [0.25, 0.3) is 0 Å². The SMILES string of the molecule is CC(Oc1cccc(Cl)c1)c1ccccc1CO. The summed E-state index contributed by atoms with van der Waals surface area (Å²) < 4.78 is 5.83. The van der Waals surface area contributed by atoms with Crippen molar-refractivity contribution in [2.24, 2.45) is 0 Å². The third kappa shape index (κ3) is 3.03. The third-order valence-electron chi connectivity index (χ3n) is 2.77. The lowest BCUT2D eigenvalue weighted by atomic mass is 10.0. The van der Waals surface area contributed by atoms with Gasteiger partial charge in [-0.15, -0.1) is 0 Å². The van der Waals surface area contributed by atoms with Crippen molar-refractivity contribution in [3.05, 3.63) is 64.7 Å². The zero-order valence-corrected chi connectivity index (χ0v) is 10.9. The highest BCUT2D eigenvalue weighted by Crippen LogP contribution is 2.26. The number of aliphatic hydroxyl groups excluding tert-OH is 1. The lowest BCUT2D eigenvalue weighted by molar-refractivity contribution is 0.219. The van der Waals surface area contributed by atoms with Crippen molar-refractivity contribution >= 4 is 11.6 Å². The molecule has 1 unspecified atom stereocenters. The monoisotopic (exact) mass is 262 g/mol. The molecule has 0 amide bonds. The molecule has 94 valence electrons. The number of aliphatic hydroxyl groups is 1. The van der Waals surface area contributed by atoms with Crippen molar-refractivity contribution in [1.29, 1.82) is 0 Å². The van der Waals surface area contributed by atoms with E-state index in [1.807, 2.05) is 43.3 Å². The van der Waals surface area contributed by atoms with Gasteiger partial charge >= 0.3 is 0 Å². The van der Waals surface area contributed by atoms with Crippen molar-refractivity contribution in [2.75, 3.05) is 0 Å². The van der Waals surface area contributed by atoms with Gasteiger partial charge in [0.15, 0.2) is 0 Å². The van der Waals surface area contributed by atoms with Crippen LogP contribution in [0.2, 0.25) is 5.02 Å². The van der Waals surface area contributed by atoms with Crippen molar-refractivity contribution in [3.63, 3.8) is 0 Å². The van der Waals surface area contributed by atoms with Crippen molar-refractivity contribution in [2.45, 2.75) is 19.6 Å². The molecule has 18 heavy (non-hydrogen) atoms. The quantitative estimate of drug-likeness (QED) is 0.903. The largest absolute Gasteiger partial charge is 0.486 e. The van der Waals surface area contributed by atoms with Crippen molar-refractivity contribution in [1.82, 2.24) is 0 Å². The van der Waals surface area contributed by atoms with Gasteiger partial charge in [-0.05, 0) is 36.2 Å². The Morgan fingerprint density at radius 3 is 2.67 bits per heavy atom. The number of rotatable bonds is 4. The Balaban J connectivity index is 2.19. The van der Waals surface area contributed by atoms with E-state index in [-0.39, 0.29) is 12.7 Å². The molecule has 0 spiro atoms. The van der Waals surface area contributed by atoms with Crippen LogP contribution in [0.4, 0.5) is 0 Å². The van der Waals surface area contributed by atoms with Crippen LogP contribution in [-0.2, 0) is 6.61 Å². The van der Waals surface area contributed by atoms with Gasteiger partial charge < -0.3 is 9.84 Å². The Kier molecular flexibility index (Phi) is 4.24. The fourth-order valence-corrected chi connectivity index (χ4v) is 2.06. The van der Waals surface area contributed by atoms with E-state index in [9.17, 15) is 5.11 Å². The zero-order chi connectivity index (χ0) is 13.0. The molecule has 2 rings (SSSR count). The van der Waals surface area contributed by atoms with Crippen molar-refractivity contribution in [3.8, 4) is 5.75 Å². The first-order valence-electron chi connectivity index (χ1n) is 5.81. The summed E-state index contributed by atoms with van der Waals surface area (Å²) in [6, 6.07) is 15.0. The van der Waals surface area contributed by atoms with E-state index < -0.39 is 0 Å². The minimum absolute atomic E-state index is 0.0133. The molecular formula is C15H15ClO2. The van der Waals surface area contributed by atoms with Crippen LogP contribution in [-0.4, -0.2) is 5.11 Å². The van der Waals surface area contributed by atoms with E-state index in [0.717, 1.165) is 16.9 Å². The van der Waals surface area contributed by atoms with Gasteiger partial charge in [0.1, 0.15) is 11.9 Å². The number of halogens is 1. The Morgan fingerprint density at radius 1 is 1.17 bits per heavy atom.